The van der Waals surface area contributed by atoms with Crippen LogP contribution in [0, 0.1) is 5.92 Å². The molecule has 2 N–H and O–H groups in total. The summed E-state index contributed by atoms with van der Waals surface area (Å²) in [6, 6.07) is 0.894. The number of nitrogens with one attached hydrogen (secondary N) is 2. The molecule has 0 aliphatic heterocycles. The molecule has 1 saturated carbocycles. The van der Waals surface area contributed by atoms with Gasteiger partial charge >= 0.3 is 6.09 Å². The highest BCUT2D eigenvalue weighted by Gasteiger charge is 2.29. The van der Waals surface area contributed by atoms with Crippen LogP contribution in [0.2, 0.25) is 0 Å². The van der Waals surface area contributed by atoms with Gasteiger partial charge in [-0.25, -0.2) is 4.79 Å². The summed E-state index contributed by atoms with van der Waals surface area (Å²) < 4.78 is 5.25. The molecule has 0 heterocycles. The fourth-order valence-corrected chi connectivity index (χ4v) is 2.22. The fourth-order valence-electron chi connectivity index (χ4n) is 2.22. The maximum atomic E-state index is 11.6. The summed E-state index contributed by atoms with van der Waals surface area (Å²) in [6.45, 7) is 10.7. The Labute approximate surface area is 117 Å². The number of amides is 1. The summed E-state index contributed by atoms with van der Waals surface area (Å²) in [6.07, 6.45) is 4.55. The Kier molecular flexibility index (Phi) is 6.11. The number of hydrogen-bond acceptors (Lipinski definition) is 3. The van der Waals surface area contributed by atoms with Crippen molar-refractivity contribution in [3.63, 3.8) is 0 Å². The van der Waals surface area contributed by atoms with E-state index in [2.05, 4.69) is 24.5 Å². The van der Waals surface area contributed by atoms with E-state index in [4.69, 9.17) is 4.74 Å². The number of carbonyl (C=O) groups excluding carboxylic acids is 1. The summed E-state index contributed by atoms with van der Waals surface area (Å²) in [4.78, 5) is 11.6. The van der Waals surface area contributed by atoms with Crippen LogP contribution in [0.5, 0.6) is 0 Å². The molecule has 0 saturated heterocycles. The summed E-state index contributed by atoms with van der Waals surface area (Å²) >= 11 is 0. The van der Waals surface area contributed by atoms with E-state index < -0.39 is 5.60 Å². The molecule has 0 radical (unpaired) electrons. The summed E-state index contributed by atoms with van der Waals surface area (Å²) in [5.41, 5.74) is -0.431. The van der Waals surface area contributed by atoms with E-state index in [1.807, 2.05) is 20.8 Å². The van der Waals surface area contributed by atoms with Crippen LogP contribution in [0.25, 0.3) is 0 Å². The van der Waals surface area contributed by atoms with Crippen LogP contribution in [-0.2, 0) is 4.74 Å². The minimum absolute atomic E-state index is 0.325. The molecule has 0 aromatic heterocycles. The summed E-state index contributed by atoms with van der Waals surface area (Å²) in [5.74, 6) is 0.834. The van der Waals surface area contributed by atoms with E-state index in [1.54, 1.807) is 0 Å². The van der Waals surface area contributed by atoms with Crippen LogP contribution >= 0.6 is 0 Å². The maximum absolute atomic E-state index is 11.6. The van der Waals surface area contributed by atoms with Crippen molar-refractivity contribution in [2.24, 2.45) is 5.92 Å². The van der Waals surface area contributed by atoms with Crippen LogP contribution in [0.4, 0.5) is 4.79 Å². The normalized spacial score (nSPS) is 18.8. The van der Waals surface area contributed by atoms with Crippen LogP contribution < -0.4 is 10.6 Å². The van der Waals surface area contributed by atoms with E-state index in [0.29, 0.717) is 18.6 Å². The van der Waals surface area contributed by atoms with Crippen LogP contribution in [-0.4, -0.2) is 30.3 Å². The van der Waals surface area contributed by atoms with Crippen molar-refractivity contribution >= 4 is 6.09 Å². The predicted octanol–water partition coefficient (Wildman–Crippen LogP) is 3.07. The molecule has 1 rings (SSSR count). The second-order valence-corrected chi connectivity index (χ2v) is 6.66. The molecule has 0 bridgehead atoms. The topological polar surface area (TPSA) is 50.4 Å². The second-order valence-electron chi connectivity index (χ2n) is 6.66. The van der Waals surface area contributed by atoms with Gasteiger partial charge in [-0.05, 0) is 52.9 Å². The molecule has 0 spiro atoms. The SMILES string of the molecule is CCCC(CNC(=O)OC(C)(C)C)NC(C)C1CC1. The zero-order valence-electron chi connectivity index (χ0n) is 13.1. The van der Waals surface area contributed by atoms with Gasteiger partial charge in [0.2, 0.25) is 0 Å². The highest BCUT2D eigenvalue weighted by molar-refractivity contribution is 5.67. The lowest BCUT2D eigenvalue weighted by atomic mass is 10.1. The average molecular weight is 270 g/mol. The molecule has 1 amide bonds. The van der Waals surface area contributed by atoms with Crippen molar-refractivity contribution in [2.45, 2.75) is 78.0 Å². The molecule has 4 heteroatoms. The van der Waals surface area contributed by atoms with Crippen LogP contribution in [0.3, 0.4) is 0 Å². The van der Waals surface area contributed by atoms with E-state index in [0.717, 1.165) is 18.8 Å². The van der Waals surface area contributed by atoms with Gasteiger partial charge in [-0.2, -0.15) is 0 Å². The van der Waals surface area contributed by atoms with Gasteiger partial charge < -0.3 is 15.4 Å². The zero-order chi connectivity index (χ0) is 14.5. The molecular weight excluding hydrogens is 240 g/mol. The Balaban J connectivity index is 2.29. The van der Waals surface area contributed by atoms with Crippen LogP contribution in [0.1, 0.15) is 60.3 Å². The van der Waals surface area contributed by atoms with Crippen molar-refractivity contribution < 1.29 is 9.53 Å². The molecule has 0 aromatic rings. The number of carbonyl (C=O) groups is 1. The number of rotatable bonds is 7. The highest BCUT2D eigenvalue weighted by atomic mass is 16.6. The highest BCUT2D eigenvalue weighted by Crippen LogP contribution is 2.32. The third-order valence-corrected chi connectivity index (χ3v) is 3.36. The van der Waals surface area contributed by atoms with E-state index in [-0.39, 0.29) is 6.09 Å². The molecule has 2 unspecified atom stereocenters. The summed E-state index contributed by atoms with van der Waals surface area (Å²) in [7, 11) is 0. The molecule has 4 nitrogen and oxygen atoms in total. The number of hydrogen-bond donors (Lipinski definition) is 2. The Morgan fingerprint density at radius 3 is 2.47 bits per heavy atom. The van der Waals surface area contributed by atoms with Gasteiger partial charge in [-0.3, -0.25) is 0 Å². The molecule has 112 valence electrons. The third-order valence-electron chi connectivity index (χ3n) is 3.36. The lowest BCUT2D eigenvalue weighted by molar-refractivity contribution is 0.0521. The molecule has 1 aliphatic rings. The third kappa shape index (κ3) is 7.41. The van der Waals surface area contributed by atoms with E-state index in [1.165, 1.54) is 12.8 Å². The number of ether oxygens (including phenoxy) is 1. The summed E-state index contributed by atoms with van der Waals surface area (Å²) in [5, 5.41) is 6.49. The van der Waals surface area contributed by atoms with Gasteiger partial charge in [0.25, 0.3) is 0 Å². The monoisotopic (exact) mass is 270 g/mol. The van der Waals surface area contributed by atoms with Gasteiger partial charge in [-0.1, -0.05) is 13.3 Å². The lowest BCUT2D eigenvalue weighted by Gasteiger charge is -2.25. The Hall–Kier alpha value is -0.770. The second kappa shape index (κ2) is 7.13. The molecule has 0 aromatic carbocycles. The molecule has 1 fully saturated rings. The van der Waals surface area contributed by atoms with Crippen molar-refractivity contribution in [2.75, 3.05) is 6.54 Å². The Morgan fingerprint density at radius 2 is 2.00 bits per heavy atom. The minimum Gasteiger partial charge on any atom is -0.444 e. The maximum Gasteiger partial charge on any atom is 0.407 e. The van der Waals surface area contributed by atoms with Gasteiger partial charge in [-0.15, -0.1) is 0 Å². The molecule has 19 heavy (non-hydrogen) atoms. The fraction of sp³-hybridized carbons (Fsp3) is 0.933. The lowest BCUT2D eigenvalue weighted by Crippen LogP contribution is -2.46. The van der Waals surface area contributed by atoms with Crippen molar-refractivity contribution in [3.05, 3.63) is 0 Å². The standard InChI is InChI=1S/C15H30N2O2/c1-6-7-13(17-11(2)12-8-9-12)10-16-14(18)19-15(3,4)5/h11-13,17H,6-10H2,1-5H3,(H,16,18). The van der Waals surface area contributed by atoms with Crippen molar-refractivity contribution in [1.29, 1.82) is 0 Å². The number of alkyl carbamates (subject to hydrolysis) is 1. The first kappa shape index (κ1) is 16.3. The Bertz CT molecular complexity index is 282. The van der Waals surface area contributed by atoms with Crippen LogP contribution in [0.15, 0.2) is 0 Å². The quantitative estimate of drug-likeness (QED) is 0.747. The largest absolute Gasteiger partial charge is 0.444 e. The van der Waals surface area contributed by atoms with Gasteiger partial charge in [0.1, 0.15) is 5.60 Å². The van der Waals surface area contributed by atoms with Crippen molar-refractivity contribution in [3.8, 4) is 0 Å². The Morgan fingerprint density at radius 1 is 1.37 bits per heavy atom. The van der Waals surface area contributed by atoms with Gasteiger partial charge in [0.15, 0.2) is 0 Å². The van der Waals surface area contributed by atoms with E-state index >= 15 is 0 Å². The van der Waals surface area contributed by atoms with Crippen molar-refractivity contribution in [1.82, 2.24) is 10.6 Å². The first-order chi connectivity index (χ1) is 8.81. The minimum atomic E-state index is -0.431. The predicted molar refractivity (Wildman–Crippen MR) is 78.3 cm³/mol. The van der Waals surface area contributed by atoms with E-state index in [9.17, 15) is 4.79 Å². The zero-order valence-corrected chi connectivity index (χ0v) is 13.1. The molecular formula is C15H30N2O2. The first-order valence-corrected chi connectivity index (χ1v) is 7.54. The van der Waals surface area contributed by atoms with Gasteiger partial charge in [0.05, 0.1) is 0 Å². The molecule has 1 aliphatic carbocycles. The first-order valence-electron chi connectivity index (χ1n) is 7.54. The smallest absolute Gasteiger partial charge is 0.407 e. The van der Waals surface area contributed by atoms with Gasteiger partial charge in [0, 0.05) is 18.6 Å². The average Bonchev–Trinajstić information content (AvgIpc) is 3.07. The molecule has 2 atom stereocenters.